The molecular weight excluding hydrogens is 532 g/mol. The van der Waals surface area contributed by atoms with Gasteiger partial charge in [0.05, 0.1) is 34.5 Å². The molecular formula is C25H22F4N2O4S2. The molecule has 0 unspecified atom stereocenters. The zero-order valence-corrected chi connectivity index (χ0v) is 20.8. The van der Waals surface area contributed by atoms with Gasteiger partial charge < -0.3 is 14.7 Å². The summed E-state index contributed by atoms with van der Waals surface area (Å²) in [5, 5.41) is 11.4. The van der Waals surface area contributed by atoms with E-state index in [9.17, 15) is 31.1 Å². The molecule has 5 rings (SSSR count). The molecule has 1 aliphatic carbocycles. The van der Waals surface area contributed by atoms with E-state index in [0.717, 1.165) is 40.5 Å². The Bertz CT molecular complexity index is 1400. The van der Waals surface area contributed by atoms with Crippen molar-refractivity contribution in [2.45, 2.75) is 58.5 Å². The van der Waals surface area contributed by atoms with Crippen molar-refractivity contribution in [3.63, 3.8) is 0 Å². The minimum absolute atomic E-state index is 0.253. The number of rotatable bonds is 5. The van der Waals surface area contributed by atoms with Crippen molar-refractivity contribution in [2.24, 2.45) is 0 Å². The van der Waals surface area contributed by atoms with Crippen LogP contribution in [0.25, 0.3) is 0 Å². The molecule has 6 nitrogen and oxygen atoms in total. The minimum atomic E-state index is -4.89. The Balaban J connectivity index is 1.40. The standard InChI is InChI=1S/C25H22F4N2O4S2/c26-15-8-13-20-23(14-15)36-22-7-2-1-5-19(22)31(20)21-6-3-4-18(24(21)32)30-37(33,34)17-11-9-16(10-12-17)35-25(27,28)29/h1-2,5,7-14,18,21,24,30,32H,3-4,6H2/t18-,21+,24+/m1/s1. The summed E-state index contributed by atoms with van der Waals surface area (Å²) in [4.78, 5) is 3.26. The molecule has 3 atom stereocenters. The minimum Gasteiger partial charge on any atom is -0.406 e. The second-order valence-electron chi connectivity index (χ2n) is 8.79. The molecule has 0 saturated heterocycles. The fourth-order valence-electron chi connectivity index (χ4n) is 4.77. The molecule has 1 saturated carbocycles. The van der Waals surface area contributed by atoms with Crippen molar-refractivity contribution in [3.8, 4) is 5.75 Å². The van der Waals surface area contributed by atoms with Crippen LogP contribution >= 0.6 is 11.8 Å². The quantitative estimate of drug-likeness (QED) is 0.401. The van der Waals surface area contributed by atoms with E-state index in [-0.39, 0.29) is 10.7 Å². The van der Waals surface area contributed by atoms with E-state index in [1.807, 2.05) is 29.2 Å². The predicted octanol–water partition coefficient (Wildman–Crippen LogP) is 5.59. The lowest BCUT2D eigenvalue weighted by atomic mass is 9.87. The van der Waals surface area contributed by atoms with Crippen LogP contribution in [0.4, 0.5) is 28.9 Å². The van der Waals surface area contributed by atoms with E-state index in [1.165, 1.54) is 23.9 Å². The van der Waals surface area contributed by atoms with Gasteiger partial charge in [0.15, 0.2) is 0 Å². The first-order valence-corrected chi connectivity index (χ1v) is 13.7. The van der Waals surface area contributed by atoms with Crippen molar-refractivity contribution in [2.75, 3.05) is 4.90 Å². The zero-order valence-electron chi connectivity index (χ0n) is 19.2. The summed E-state index contributed by atoms with van der Waals surface area (Å²) in [5.41, 5.74) is 1.55. The Kier molecular flexibility index (Phi) is 6.86. The third kappa shape index (κ3) is 5.42. The molecule has 0 amide bonds. The third-order valence-electron chi connectivity index (χ3n) is 6.35. The fraction of sp³-hybridized carbons (Fsp3) is 0.280. The number of hydrogen-bond donors (Lipinski definition) is 2. The molecule has 1 heterocycles. The van der Waals surface area contributed by atoms with Gasteiger partial charge in [-0.2, -0.15) is 0 Å². The molecule has 1 aliphatic heterocycles. The van der Waals surface area contributed by atoms with E-state index in [0.29, 0.717) is 24.2 Å². The van der Waals surface area contributed by atoms with Gasteiger partial charge in [-0.1, -0.05) is 23.9 Å². The van der Waals surface area contributed by atoms with Gasteiger partial charge in [0.2, 0.25) is 10.0 Å². The molecule has 3 aromatic rings. The summed E-state index contributed by atoms with van der Waals surface area (Å²) < 4.78 is 83.6. The number of anilines is 2. The van der Waals surface area contributed by atoms with E-state index in [1.54, 1.807) is 6.07 Å². The lowest BCUT2D eigenvalue weighted by molar-refractivity contribution is -0.274. The Morgan fingerprint density at radius 2 is 1.68 bits per heavy atom. The summed E-state index contributed by atoms with van der Waals surface area (Å²) in [6.45, 7) is 0. The largest absolute Gasteiger partial charge is 0.573 e. The molecule has 12 heteroatoms. The topological polar surface area (TPSA) is 78.9 Å². The number of nitrogens with one attached hydrogen (secondary N) is 1. The van der Waals surface area contributed by atoms with Gasteiger partial charge in [0, 0.05) is 9.79 Å². The van der Waals surface area contributed by atoms with Gasteiger partial charge >= 0.3 is 6.36 Å². The highest BCUT2D eigenvalue weighted by Gasteiger charge is 2.41. The van der Waals surface area contributed by atoms with Crippen LogP contribution in [0.2, 0.25) is 0 Å². The molecule has 3 aromatic carbocycles. The van der Waals surface area contributed by atoms with Gasteiger partial charge in [-0.3, -0.25) is 0 Å². The van der Waals surface area contributed by atoms with E-state index in [2.05, 4.69) is 9.46 Å². The van der Waals surface area contributed by atoms with Crippen LogP contribution in [-0.2, 0) is 10.0 Å². The molecule has 0 spiro atoms. The van der Waals surface area contributed by atoms with Crippen molar-refractivity contribution in [1.29, 1.82) is 0 Å². The zero-order chi connectivity index (χ0) is 26.4. The Morgan fingerprint density at radius 1 is 0.973 bits per heavy atom. The van der Waals surface area contributed by atoms with Gasteiger partial charge in [-0.25, -0.2) is 17.5 Å². The number of aliphatic hydroxyl groups excluding tert-OH is 1. The maximum absolute atomic E-state index is 14.0. The molecule has 37 heavy (non-hydrogen) atoms. The molecule has 196 valence electrons. The number of nitrogens with zero attached hydrogens (tertiary/aromatic N) is 1. The van der Waals surface area contributed by atoms with Crippen LogP contribution in [0.5, 0.6) is 5.75 Å². The number of benzene rings is 3. The van der Waals surface area contributed by atoms with E-state index >= 15 is 0 Å². The highest BCUT2D eigenvalue weighted by molar-refractivity contribution is 7.99. The van der Waals surface area contributed by atoms with Gasteiger partial charge in [0.25, 0.3) is 0 Å². The number of aliphatic hydroxyl groups is 1. The predicted molar refractivity (Wildman–Crippen MR) is 130 cm³/mol. The molecule has 0 aromatic heterocycles. The molecule has 2 N–H and O–H groups in total. The molecule has 2 aliphatic rings. The first kappa shape index (κ1) is 25.8. The van der Waals surface area contributed by atoms with Crippen LogP contribution < -0.4 is 14.4 Å². The summed E-state index contributed by atoms with van der Waals surface area (Å²) in [6, 6.07) is 14.5. The van der Waals surface area contributed by atoms with Crippen LogP contribution in [-0.4, -0.2) is 38.1 Å². The lowest BCUT2D eigenvalue weighted by Gasteiger charge is -2.45. The highest BCUT2D eigenvalue weighted by atomic mass is 32.2. The van der Waals surface area contributed by atoms with E-state index < -0.39 is 40.3 Å². The van der Waals surface area contributed by atoms with Gasteiger partial charge in [-0.15, -0.1) is 13.2 Å². The highest BCUT2D eigenvalue weighted by Crippen LogP contribution is 2.50. The maximum atomic E-state index is 14.0. The first-order chi connectivity index (χ1) is 17.5. The summed E-state index contributed by atoms with van der Waals surface area (Å²) in [6.07, 6.45) is -4.47. The lowest BCUT2D eigenvalue weighted by Crippen LogP contribution is -2.56. The van der Waals surface area contributed by atoms with Gasteiger partial charge in [0.1, 0.15) is 11.6 Å². The first-order valence-electron chi connectivity index (χ1n) is 11.4. The second-order valence-corrected chi connectivity index (χ2v) is 11.6. The third-order valence-corrected chi connectivity index (χ3v) is 8.97. The van der Waals surface area contributed by atoms with Crippen molar-refractivity contribution < 1.29 is 35.8 Å². The van der Waals surface area contributed by atoms with Crippen LogP contribution in [0.3, 0.4) is 0 Å². The van der Waals surface area contributed by atoms with E-state index in [4.69, 9.17) is 0 Å². The average molecular weight is 555 g/mol. The number of alkyl halides is 3. The molecule has 0 bridgehead atoms. The monoisotopic (exact) mass is 554 g/mol. The fourth-order valence-corrected chi connectivity index (χ4v) is 7.15. The number of ether oxygens (including phenoxy) is 1. The average Bonchev–Trinajstić information content (AvgIpc) is 2.83. The van der Waals surface area contributed by atoms with Crippen molar-refractivity contribution >= 4 is 33.2 Å². The number of hydrogen-bond acceptors (Lipinski definition) is 6. The van der Waals surface area contributed by atoms with Crippen LogP contribution in [0.15, 0.2) is 81.4 Å². The maximum Gasteiger partial charge on any atom is 0.573 e. The summed E-state index contributed by atoms with van der Waals surface area (Å²) >= 11 is 1.42. The summed E-state index contributed by atoms with van der Waals surface area (Å²) in [7, 11) is -4.15. The number of halogens is 4. The Labute approximate surface area is 215 Å². The molecule has 0 radical (unpaired) electrons. The normalized spacial score (nSPS) is 21.8. The smallest absolute Gasteiger partial charge is 0.406 e. The van der Waals surface area contributed by atoms with Gasteiger partial charge in [-0.05, 0) is 73.9 Å². The Morgan fingerprint density at radius 3 is 2.41 bits per heavy atom. The second kappa shape index (κ2) is 9.82. The number of fused-ring (bicyclic) bond motifs is 2. The number of para-hydroxylation sites is 1. The van der Waals surface area contributed by atoms with Crippen molar-refractivity contribution in [3.05, 3.63) is 72.5 Å². The SMILES string of the molecule is O=S(=O)(N[C@@H]1CCC[C@H](N2c3ccccc3Sc3cc(F)ccc32)[C@H]1O)c1ccc(OC(F)(F)F)cc1. The molecule has 1 fully saturated rings. The summed E-state index contributed by atoms with van der Waals surface area (Å²) in [5.74, 6) is -0.923. The Hall–Kier alpha value is -2.80. The van der Waals surface area contributed by atoms with Crippen LogP contribution in [0, 0.1) is 5.82 Å². The van der Waals surface area contributed by atoms with Crippen molar-refractivity contribution in [1.82, 2.24) is 4.72 Å². The van der Waals surface area contributed by atoms with Crippen LogP contribution in [0.1, 0.15) is 19.3 Å². The number of sulfonamides is 1.